The highest BCUT2D eigenvalue weighted by molar-refractivity contribution is 5.74. The summed E-state index contributed by atoms with van der Waals surface area (Å²) in [6.45, 7) is 4.66. The fraction of sp³-hybridized carbons (Fsp3) is 0.909. The number of hydrogen-bond donors (Lipinski definition) is 2. The highest BCUT2D eigenvalue weighted by Crippen LogP contribution is 2.07. The number of carbonyl (C=O) groups is 1. The molecule has 5 heteroatoms. The topological polar surface area (TPSA) is 53.6 Å². The molecule has 2 N–H and O–H groups in total. The van der Waals surface area contributed by atoms with Gasteiger partial charge in [-0.3, -0.25) is 0 Å². The summed E-state index contributed by atoms with van der Waals surface area (Å²) in [4.78, 5) is 13.5. The number of carbonyl (C=O) groups excluding carboxylic acids is 1. The number of hydrogen-bond acceptors (Lipinski definition) is 3. The summed E-state index contributed by atoms with van der Waals surface area (Å²) < 4.78 is 5.20. The van der Waals surface area contributed by atoms with Gasteiger partial charge in [0, 0.05) is 25.7 Å². The smallest absolute Gasteiger partial charge is 0.317 e. The van der Waals surface area contributed by atoms with Gasteiger partial charge in [-0.1, -0.05) is 0 Å². The second-order valence-electron chi connectivity index (χ2n) is 4.41. The van der Waals surface area contributed by atoms with Gasteiger partial charge in [-0.15, -0.1) is 0 Å². The van der Waals surface area contributed by atoms with Crippen LogP contribution < -0.4 is 10.6 Å². The zero-order valence-corrected chi connectivity index (χ0v) is 9.71. The normalized spacial score (nSPS) is 25.8. The van der Waals surface area contributed by atoms with Gasteiger partial charge in [0.1, 0.15) is 0 Å². The molecule has 5 nitrogen and oxygen atoms in total. The second kappa shape index (κ2) is 6.06. The number of urea groups is 1. The van der Waals surface area contributed by atoms with Crippen LogP contribution in [0.5, 0.6) is 0 Å². The number of rotatable bonds is 3. The van der Waals surface area contributed by atoms with Crippen LogP contribution in [-0.2, 0) is 4.74 Å². The Morgan fingerprint density at radius 2 is 2.25 bits per heavy atom. The van der Waals surface area contributed by atoms with Gasteiger partial charge in [-0.05, 0) is 25.8 Å². The van der Waals surface area contributed by atoms with Gasteiger partial charge in [0.15, 0.2) is 0 Å². The molecule has 0 saturated carbocycles. The summed E-state index contributed by atoms with van der Waals surface area (Å²) in [5.74, 6) is 0. The molecule has 2 aliphatic rings. The van der Waals surface area contributed by atoms with Gasteiger partial charge < -0.3 is 20.3 Å². The van der Waals surface area contributed by atoms with E-state index in [1.165, 1.54) is 12.8 Å². The Labute approximate surface area is 96.5 Å². The molecule has 0 unspecified atom stereocenters. The standard InChI is InChI=1S/C11H21N3O2/c15-11(14-6-8-16-9-7-14)13-5-3-10-2-1-4-12-10/h10,12H,1-9H2,(H,13,15)/t10-/m0/s1. The number of amides is 2. The summed E-state index contributed by atoms with van der Waals surface area (Å²) in [5, 5.41) is 6.40. The first kappa shape index (κ1) is 11.7. The van der Waals surface area contributed by atoms with Crippen LogP contribution in [-0.4, -0.2) is 56.4 Å². The van der Waals surface area contributed by atoms with E-state index in [4.69, 9.17) is 4.74 Å². The fourth-order valence-corrected chi connectivity index (χ4v) is 2.23. The maximum absolute atomic E-state index is 11.7. The highest BCUT2D eigenvalue weighted by Gasteiger charge is 2.17. The predicted octanol–water partition coefficient (Wildman–Crippen LogP) is 0.170. The monoisotopic (exact) mass is 227 g/mol. The summed E-state index contributed by atoms with van der Waals surface area (Å²) >= 11 is 0. The Morgan fingerprint density at radius 3 is 2.94 bits per heavy atom. The van der Waals surface area contributed by atoms with E-state index in [1.807, 2.05) is 4.90 Å². The Balaban J connectivity index is 1.59. The van der Waals surface area contributed by atoms with E-state index in [0.29, 0.717) is 32.3 Å². The maximum atomic E-state index is 11.7. The lowest BCUT2D eigenvalue weighted by Gasteiger charge is -2.27. The first-order chi connectivity index (χ1) is 7.86. The molecule has 2 saturated heterocycles. The van der Waals surface area contributed by atoms with Gasteiger partial charge in [-0.25, -0.2) is 4.79 Å². The van der Waals surface area contributed by atoms with Crippen molar-refractivity contribution in [2.45, 2.75) is 25.3 Å². The van der Waals surface area contributed by atoms with Crippen LogP contribution in [0.3, 0.4) is 0 Å². The second-order valence-corrected chi connectivity index (χ2v) is 4.41. The van der Waals surface area contributed by atoms with Crippen molar-refractivity contribution in [3.8, 4) is 0 Å². The summed E-state index contributed by atoms with van der Waals surface area (Å²) in [6.07, 6.45) is 3.55. The molecule has 2 rings (SSSR count). The SMILES string of the molecule is O=C(NCC[C@@H]1CCCN1)N1CCOCC1. The van der Waals surface area contributed by atoms with Gasteiger partial charge >= 0.3 is 6.03 Å². The molecule has 92 valence electrons. The van der Waals surface area contributed by atoms with Crippen LogP contribution in [0.15, 0.2) is 0 Å². The van der Waals surface area contributed by atoms with Gasteiger partial charge in [-0.2, -0.15) is 0 Å². The molecule has 0 bridgehead atoms. The summed E-state index contributed by atoms with van der Waals surface area (Å²) in [7, 11) is 0. The minimum Gasteiger partial charge on any atom is -0.378 e. The first-order valence-electron chi connectivity index (χ1n) is 6.20. The molecule has 0 aromatic rings. The van der Waals surface area contributed by atoms with E-state index in [0.717, 1.165) is 19.5 Å². The molecule has 0 aromatic heterocycles. The molecule has 16 heavy (non-hydrogen) atoms. The average Bonchev–Trinajstić information content (AvgIpc) is 2.83. The predicted molar refractivity (Wildman–Crippen MR) is 61.4 cm³/mol. The minimum absolute atomic E-state index is 0.0568. The highest BCUT2D eigenvalue weighted by atomic mass is 16.5. The molecular weight excluding hydrogens is 206 g/mol. The minimum atomic E-state index is 0.0568. The maximum Gasteiger partial charge on any atom is 0.317 e. The van der Waals surface area contributed by atoms with Crippen molar-refractivity contribution >= 4 is 6.03 Å². The van der Waals surface area contributed by atoms with E-state index in [9.17, 15) is 4.79 Å². The van der Waals surface area contributed by atoms with Crippen LogP contribution in [0, 0.1) is 0 Å². The van der Waals surface area contributed by atoms with E-state index in [2.05, 4.69) is 10.6 Å². The zero-order valence-electron chi connectivity index (χ0n) is 9.71. The van der Waals surface area contributed by atoms with Crippen molar-refractivity contribution in [1.29, 1.82) is 0 Å². The van der Waals surface area contributed by atoms with Crippen LogP contribution in [0.4, 0.5) is 4.79 Å². The van der Waals surface area contributed by atoms with Crippen LogP contribution in [0.2, 0.25) is 0 Å². The molecule has 1 atom stereocenters. The largest absolute Gasteiger partial charge is 0.378 e. The molecule has 2 aliphatic heterocycles. The van der Waals surface area contributed by atoms with Crippen molar-refractivity contribution in [3.05, 3.63) is 0 Å². The van der Waals surface area contributed by atoms with Crippen molar-refractivity contribution in [3.63, 3.8) is 0 Å². The lowest BCUT2D eigenvalue weighted by atomic mass is 10.1. The number of morpholine rings is 1. The molecule has 2 amide bonds. The van der Waals surface area contributed by atoms with Gasteiger partial charge in [0.25, 0.3) is 0 Å². The molecule has 0 aliphatic carbocycles. The van der Waals surface area contributed by atoms with Crippen LogP contribution >= 0.6 is 0 Å². The Hall–Kier alpha value is -0.810. The molecule has 2 fully saturated rings. The van der Waals surface area contributed by atoms with Gasteiger partial charge in [0.2, 0.25) is 0 Å². The van der Waals surface area contributed by atoms with E-state index in [1.54, 1.807) is 0 Å². The average molecular weight is 227 g/mol. The van der Waals surface area contributed by atoms with Crippen molar-refractivity contribution in [2.75, 3.05) is 39.4 Å². The molecule has 0 radical (unpaired) electrons. The number of nitrogens with one attached hydrogen (secondary N) is 2. The quantitative estimate of drug-likeness (QED) is 0.722. The van der Waals surface area contributed by atoms with Crippen molar-refractivity contribution < 1.29 is 9.53 Å². The third-order valence-corrected chi connectivity index (χ3v) is 3.23. The van der Waals surface area contributed by atoms with E-state index >= 15 is 0 Å². The zero-order chi connectivity index (χ0) is 11.2. The molecule has 0 aromatic carbocycles. The summed E-state index contributed by atoms with van der Waals surface area (Å²) in [5.41, 5.74) is 0. The van der Waals surface area contributed by atoms with Crippen molar-refractivity contribution in [2.24, 2.45) is 0 Å². The lowest BCUT2D eigenvalue weighted by molar-refractivity contribution is 0.0532. The van der Waals surface area contributed by atoms with E-state index < -0.39 is 0 Å². The Morgan fingerprint density at radius 1 is 1.44 bits per heavy atom. The van der Waals surface area contributed by atoms with Crippen molar-refractivity contribution in [1.82, 2.24) is 15.5 Å². The lowest BCUT2D eigenvalue weighted by Crippen LogP contribution is -2.46. The number of nitrogens with zero attached hydrogens (tertiary/aromatic N) is 1. The first-order valence-corrected chi connectivity index (χ1v) is 6.20. The molecule has 2 heterocycles. The third kappa shape index (κ3) is 3.35. The Kier molecular flexibility index (Phi) is 4.42. The van der Waals surface area contributed by atoms with Crippen LogP contribution in [0.1, 0.15) is 19.3 Å². The molecule has 0 spiro atoms. The molecular formula is C11H21N3O2. The Bertz CT molecular complexity index is 223. The van der Waals surface area contributed by atoms with Gasteiger partial charge in [0.05, 0.1) is 13.2 Å². The fourth-order valence-electron chi connectivity index (χ4n) is 2.23. The van der Waals surface area contributed by atoms with Crippen LogP contribution in [0.25, 0.3) is 0 Å². The van der Waals surface area contributed by atoms with E-state index in [-0.39, 0.29) is 6.03 Å². The summed E-state index contributed by atoms with van der Waals surface area (Å²) in [6, 6.07) is 0.659. The number of ether oxygens (including phenoxy) is 1. The third-order valence-electron chi connectivity index (χ3n) is 3.23.